The van der Waals surface area contributed by atoms with Crippen molar-refractivity contribution in [3.05, 3.63) is 21.7 Å². The first-order valence-corrected chi connectivity index (χ1v) is 6.28. The van der Waals surface area contributed by atoms with Crippen LogP contribution in [0.5, 0.6) is 0 Å². The van der Waals surface area contributed by atoms with Gasteiger partial charge in [-0.25, -0.2) is 4.98 Å². The number of H-pyrrole nitrogens is 1. The second-order valence-electron chi connectivity index (χ2n) is 4.63. The Bertz CT molecular complexity index is 564. The van der Waals surface area contributed by atoms with Crippen LogP contribution < -0.4 is 0 Å². The summed E-state index contributed by atoms with van der Waals surface area (Å²) in [6.07, 6.45) is -3.54. The number of fused-ring (bicyclic) bond motifs is 1. The van der Waals surface area contributed by atoms with Gasteiger partial charge in [0.25, 0.3) is 0 Å². The molecule has 0 unspecified atom stereocenters. The van der Waals surface area contributed by atoms with Gasteiger partial charge in [0.15, 0.2) is 16.3 Å². The molecule has 2 heterocycles. The minimum absolute atomic E-state index is 0.0519. The molecule has 1 fully saturated rings. The highest BCUT2D eigenvalue weighted by Gasteiger charge is 2.45. The molecule has 0 atom stereocenters. The molecule has 0 aromatic carbocycles. The first kappa shape index (κ1) is 13.0. The Morgan fingerprint density at radius 2 is 1.95 bits per heavy atom. The minimum Gasteiger partial charge on any atom is -0.347 e. The van der Waals surface area contributed by atoms with E-state index < -0.39 is 17.7 Å². The summed E-state index contributed by atoms with van der Waals surface area (Å²) >= 11 is 4.75. The summed E-state index contributed by atoms with van der Waals surface area (Å²) in [5.41, 5.74) is -0.337. The van der Waals surface area contributed by atoms with Gasteiger partial charge in [-0.2, -0.15) is 13.2 Å². The van der Waals surface area contributed by atoms with Crippen molar-refractivity contribution < 1.29 is 22.6 Å². The van der Waals surface area contributed by atoms with Gasteiger partial charge >= 0.3 is 6.18 Å². The zero-order valence-electron chi connectivity index (χ0n) is 9.84. The molecule has 4 nitrogen and oxygen atoms in total. The lowest BCUT2D eigenvalue weighted by Gasteiger charge is -2.33. The smallest absolute Gasteiger partial charge is 0.347 e. The summed E-state index contributed by atoms with van der Waals surface area (Å²) < 4.78 is 49.9. The number of aryl methyl sites for hydroxylation is 1. The van der Waals surface area contributed by atoms with E-state index in [9.17, 15) is 13.2 Å². The summed E-state index contributed by atoms with van der Waals surface area (Å²) in [7, 11) is 0. The highest BCUT2D eigenvalue weighted by molar-refractivity contribution is 7.71. The van der Waals surface area contributed by atoms with Crippen molar-refractivity contribution in [3.63, 3.8) is 0 Å². The molecule has 1 aliphatic heterocycles. The molecule has 2 aliphatic rings. The summed E-state index contributed by atoms with van der Waals surface area (Å²) in [6, 6.07) is 0. The molecular formula is C11H11F3N2O2S. The molecular weight excluding hydrogens is 281 g/mol. The SMILES string of the molecule is FC(F)(F)c1nc(=S)[nH]c2c1CC1(CC2)OCCO1. The summed E-state index contributed by atoms with van der Waals surface area (Å²) in [5, 5.41) is 0. The number of nitrogens with one attached hydrogen (secondary N) is 1. The lowest BCUT2D eigenvalue weighted by molar-refractivity contribution is -0.168. The second-order valence-corrected chi connectivity index (χ2v) is 5.02. The first-order chi connectivity index (χ1) is 8.90. The van der Waals surface area contributed by atoms with Crippen LogP contribution in [0.25, 0.3) is 0 Å². The van der Waals surface area contributed by atoms with E-state index in [1.165, 1.54) is 0 Å². The Hall–Kier alpha value is -0.990. The van der Waals surface area contributed by atoms with Gasteiger partial charge in [0, 0.05) is 24.1 Å². The second kappa shape index (κ2) is 4.26. The fourth-order valence-corrected chi connectivity index (χ4v) is 2.81. The van der Waals surface area contributed by atoms with Crippen LogP contribution in [0.3, 0.4) is 0 Å². The third-order valence-corrected chi connectivity index (χ3v) is 3.60. The maximum atomic E-state index is 13.0. The molecule has 8 heteroatoms. The molecule has 3 rings (SSSR count). The molecule has 1 N–H and O–H groups in total. The molecule has 0 amide bonds. The van der Waals surface area contributed by atoms with Gasteiger partial charge in [-0.05, 0) is 18.6 Å². The van der Waals surface area contributed by atoms with E-state index in [4.69, 9.17) is 21.7 Å². The van der Waals surface area contributed by atoms with Gasteiger partial charge in [0.1, 0.15) is 0 Å². The number of hydrogen-bond acceptors (Lipinski definition) is 4. The van der Waals surface area contributed by atoms with Crippen molar-refractivity contribution in [1.29, 1.82) is 0 Å². The molecule has 0 saturated carbocycles. The Balaban J connectivity index is 2.09. The van der Waals surface area contributed by atoms with Crippen LogP contribution in [0.15, 0.2) is 0 Å². The molecule has 0 radical (unpaired) electrons. The van der Waals surface area contributed by atoms with Crippen molar-refractivity contribution in [1.82, 2.24) is 9.97 Å². The average molecular weight is 292 g/mol. The van der Waals surface area contributed by atoms with E-state index in [2.05, 4.69) is 9.97 Å². The summed E-state index contributed by atoms with van der Waals surface area (Å²) in [5.74, 6) is -0.925. The van der Waals surface area contributed by atoms with Crippen molar-refractivity contribution in [2.45, 2.75) is 31.2 Å². The van der Waals surface area contributed by atoms with E-state index in [0.717, 1.165) is 0 Å². The minimum atomic E-state index is -4.52. The van der Waals surface area contributed by atoms with Gasteiger partial charge in [-0.3, -0.25) is 0 Å². The standard InChI is InChI=1S/C11H11F3N2O2S/c12-11(13,14)8-6-5-10(17-3-4-18-10)2-1-7(6)15-9(19)16-8/h1-5H2,(H,15,16,19). The fourth-order valence-electron chi connectivity index (χ4n) is 2.60. The normalized spacial score (nSPS) is 21.6. The third kappa shape index (κ3) is 2.28. The van der Waals surface area contributed by atoms with Crippen LogP contribution in [-0.2, 0) is 28.5 Å². The Morgan fingerprint density at radius 1 is 1.26 bits per heavy atom. The van der Waals surface area contributed by atoms with Gasteiger partial charge in [0.05, 0.1) is 13.2 Å². The molecule has 1 aromatic heterocycles. The van der Waals surface area contributed by atoms with Gasteiger partial charge in [0.2, 0.25) is 0 Å². The van der Waals surface area contributed by atoms with Crippen LogP contribution in [0, 0.1) is 4.77 Å². The summed E-state index contributed by atoms with van der Waals surface area (Å²) in [4.78, 5) is 6.17. The maximum absolute atomic E-state index is 13.0. The van der Waals surface area contributed by atoms with E-state index in [1.807, 2.05) is 0 Å². The Labute approximate surface area is 111 Å². The lowest BCUT2D eigenvalue weighted by Crippen LogP contribution is -2.38. The number of nitrogens with zero attached hydrogens (tertiary/aromatic N) is 1. The third-order valence-electron chi connectivity index (χ3n) is 3.41. The van der Waals surface area contributed by atoms with Crippen LogP contribution >= 0.6 is 12.2 Å². The first-order valence-electron chi connectivity index (χ1n) is 5.87. The topological polar surface area (TPSA) is 47.1 Å². The fraction of sp³-hybridized carbons (Fsp3) is 0.636. The zero-order chi connectivity index (χ0) is 13.7. The number of rotatable bonds is 0. The quantitative estimate of drug-likeness (QED) is 0.746. The van der Waals surface area contributed by atoms with Gasteiger partial charge in [-0.1, -0.05) is 0 Å². The number of aromatic nitrogens is 2. The van der Waals surface area contributed by atoms with E-state index in [0.29, 0.717) is 31.7 Å². The predicted molar refractivity (Wildman–Crippen MR) is 61.1 cm³/mol. The number of halogens is 3. The number of alkyl halides is 3. The van der Waals surface area contributed by atoms with Crippen molar-refractivity contribution >= 4 is 12.2 Å². The molecule has 1 spiro atoms. The molecule has 1 saturated heterocycles. The maximum Gasteiger partial charge on any atom is 0.433 e. The van der Waals surface area contributed by atoms with Crippen LogP contribution in [0.1, 0.15) is 23.4 Å². The Kier molecular flexibility index (Phi) is 2.91. The molecule has 1 aromatic rings. The predicted octanol–water partition coefficient (Wildman–Crippen LogP) is 2.39. The van der Waals surface area contributed by atoms with E-state index in [1.54, 1.807) is 0 Å². The monoisotopic (exact) mass is 292 g/mol. The summed E-state index contributed by atoms with van der Waals surface area (Å²) in [6.45, 7) is 0.819. The van der Waals surface area contributed by atoms with Crippen LogP contribution in [0.2, 0.25) is 0 Å². The molecule has 0 bridgehead atoms. The number of aromatic amines is 1. The highest BCUT2D eigenvalue weighted by Crippen LogP contribution is 2.39. The van der Waals surface area contributed by atoms with Crippen molar-refractivity contribution in [2.24, 2.45) is 0 Å². The van der Waals surface area contributed by atoms with E-state index >= 15 is 0 Å². The van der Waals surface area contributed by atoms with Gasteiger partial charge in [-0.15, -0.1) is 0 Å². The Morgan fingerprint density at radius 3 is 2.58 bits per heavy atom. The average Bonchev–Trinajstić information content (AvgIpc) is 2.76. The van der Waals surface area contributed by atoms with Gasteiger partial charge < -0.3 is 14.5 Å². The number of ether oxygens (including phenoxy) is 2. The molecule has 19 heavy (non-hydrogen) atoms. The largest absolute Gasteiger partial charge is 0.433 e. The van der Waals surface area contributed by atoms with Crippen LogP contribution in [0.4, 0.5) is 13.2 Å². The highest BCUT2D eigenvalue weighted by atomic mass is 32.1. The number of hydrogen-bond donors (Lipinski definition) is 1. The molecule has 1 aliphatic carbocycles. The zero-order valence-corrected chi connectivity index (χ0v) is 10.7. The van der Waals surface area contributed by atoms with E-state index in [-0.39, 0.29) is 16.8 Å². The van der Waals surface area contributed by atoms with Crippen LogP contribution in [-0.4, -0.2) is 29.0 Å². The van der Waals surface area contributed by atoms with Crippen molar-refractivity contribution in [2.75, 3.05) is 13.2 Å². The van der Waals surface area contributed by atoms with Crippen molar-refractivity contribution in [3.8, 4) is 0 Å². The lowest BCUT2D eigenvalue weighted by atomic mass is 9.89. The molecule has 104 valence electrons.